The second-order valence-corrected chi connectivity index (χ2v) is 14.8. The van der Waals surface area contributed by atoms with Crippen molar-refractivity contribution >= 4 is 35.7 Å². The summed E-state index contributed by atoms with van der Waals surface area (Å²) in [5.74, 6) is -0.825. The molecule has 1 aromatic carbocycles. The second kappa shape index (κ2) is 11.7. The third kappa shape index (κ3) is 5.53. The molecule has 1 saturated carbocycles. The van der Waals surface area contributed by atoms with Crippen molar-refractivity contribution in [2.24, 2.45) is 5.92 Å². The van der Waals surface area contributed by atoms with E-state index in [2.05, 4.69) is 15.1 Å². The van der Waals surface area contributed by atoms with Crippen LogP contribution in [0.25, 0.3) is 17.0 Å². The Morgan fingerprint density at radius 2 is 1.81 bits per heavy atom. The highest BCUT2D eigenvalue weighted by atomic mass is 35.5. The van der Waals surface area contributed by atoms with Crippen LogP contribution in [0, 0.1) is 12.8 Å². The maximum atomic E-state index is 16.7. The predicted molar refractivity (Wildman–Crippen MR) is 178 cm³/mol. The molecule has 7 rings (SSSR count). The monoisotopic (exact) mass is 678 g/mol. The molecule has 3 aromatic heterocycles. The van der Waals surface area contributed by atoms with E-state index in [0.29, 0.717) is 35.5 Å². The topological polar surface area (TPSA) is 115 Å². The standard InChI is InChI=1S/C34H38BClF2N6O4/c1-19-28(29-27(31(46)43-17-20(15-37)18-43)30-41-25(36)13-26(45)44(30)42-29)39-16-24(40-19)21-7-6-12-34(38,14-21)22-8-10-23(11-9-22)35-47-32(2,3)33(4,5)48-35/h8-11,13,16,20-21,41H,6-7,12,14-15,17-18H2,1-5H3. The van der Waals surface area contributed by atoms with Gasteiger partial charge in [-0.05, 0) is 71.3 Å². The molecule has 2 saturated heterocycles. The van der Waals surface area contributed by atoms with Crippen molar-refractivity contribution in [3.63, 3.8) is 0 Å². The first-order chi connectivity index (χ1) is 22.7. The fourth-order valence-electron chi connectivity index (χ4n) is 6.96. The van der Waals surface area contributed by atoms with Crippen LogP contribution in [0.15, 0.2) is 41.3 Å². The number of hydrogen-bond acceptors (Lipinski definition) is 7. The number of aromatic nitrogens is 5. The normalized spacial score (nSPS) is 23.9. The van der Waals surface area contributed by atoms with Crippen molar-refractivity contribution in [2.45, 2.75) is 83.1 Å². The SMILES string of the molecule is Cc1nc(C2CCCC(F)(c3ccc(B4OC(C)(C)C(C)(C)O4)cc3)C2)cnc1-c1nn2c(=O)cc(Cl)[nH]c2c1C(=O)N1CC(CF)C1. The molecule has 3 fully saturated rings. The largest absolute Gasteiger partial charge is 0.494 e. The number of nitrogens with one attached hydrogen (secondary N) is 1. The Labute approximate surface area is 282 Å². The molecule has 252 valence electrons. The zero-order valence-electron chi connectivity index (χ0n) is 27.6. The van der Waals surface area contributed by atoms with Gasteiger partial charge in [-0.1, -0.05) is 35.9 Å². The van der Waals surface area contributed by atoms with E-state index in [1.54, 1.807) is 13.1 Å². The summed E-state index contributed by atoms with van der Waals surface area (Å²) in [6.45, 7) is 9.75. The number of H-pyrrole nitrogens is 1. The van der Waals surface area contributed by atoms with Gasteiger partial charge in [-0.15, -0.1) is 0 Å². The quantitative estimate of drug-likeness (QED) is 0.217. The minimum absolute atomic E-state index is 0.0474. The number of hydrogen-bond donors (Lipinski definition) is 1. The first-order valence-corrected chi connectivity index (χ1v) is 16.7. The number of halogens is 3. The van der Waals surface area contributed by atoms with Crippen molar-refractivity contribution in [1.82, 2.24) is 29.5 Å². The highest BCUT2D eigenvalue weighted by molar-refractivity contribution is 6.62. The molecule has 10 nitrogen and oxygen atoms in total. The number of benzene rings is 1. The van der Waals surface area contributed by atoms with Gasteiger partial charge in [-0.25, -0.2) is 4.39 Å². The van der Waals surface area contributed by atoms with Crippen LogP contribution < -0.4 is 11.0 Å². The van der Waals surface area contributed by atoms with Gasteiger partial charge < -0.3 is 19.2 Å². The summed E-state index contributed by atoms with van der Waals surface area (Å²) in [4.78, 5) is 40.3. The molecule has 2 aliphatic heterocycles. The maximum absolute atomic E-state index is 16.7. The van der Waals surface area contributed by atoms with Crippen molar-refractivity contribution in [1.29, 1.82) is 0 Å². The third-order valence-corrected chi connectivity index (χ3v) is 10.7. The first-order valence-electron chi connectivity index (χ1n) is 16.4. The van der Waals surface area contributed by atoms with E-state index in [9.17, 15) is 14.0 Å². The fourth-order valence-corrected chi connectivity index (χ4v) is 7.14. The Morgan fingerprint density at radius 1 is 1.12 bits per heavy atom. The highest BCUT2D eigenvalue weighted by Gasteiger charge is 2.52. The molecule has 1 N–H and O–H groups in total. The number of likely N-dealkylation sites (tertiary alicyclic amines) is 1. The average Bonchev–Trinajstić information content (AvgIpc) is 3.49. The summed E-state index contributed by atoms with van der Waals surface area (Å²) in [5, 5.41) is 4.50. The number of carbonyl (C=O) groups is 1. The van der Waals surface area contributed by atoms with E-state index < -0.39 is 42.1 Å². The number of nitrogens with zero attached hydrogens (tertiary/aromatic N) is 5. The number of rotatable bonds is 6. The lowest BCUT2D eigenvalue weighted by Crippen LogP contribution is -2.50. The molecule has 48 heavy (non-hydrogen) atoms. The number of aryl methyl sites for hydroxylation is 1. The molecule has 0 bridgehead atoms. The first kappa shape index (κ1) is 32.9. The van der Waals surface area contributed by atoms with Gasteiger partial charge in [0.25, 0.3) is 11.5 Å². The summed E-state index contributed by atoms with van der Waals surface area (Å²) >= 11 is 6.15. The maximum Gasteiger partial charge on any atom is 0.494 e. The summed E-state index contributed by atoms with van der Waals surface area (Å²) in [7, 11) is -0.521. The van der Waals surface area contributed by atoms with Gasteiger partial charge in [-0.2, -0.15) is 9.61 Å². The zero-order valence-corrected chi connectivity index (χ0v) is 28.4. The van der Waals surface area contributed by atoms with Crippen LogP contribution in [0.4, 0.5) is 8.78 Å². The summed E-state index contributed by atoms with van der Waals surface area (Å²) in [6, 6.07) is 8.58. The smallest absolute Gasteiger partial charge is 0.399 e. The van der Waals surface area contributed by atoms with Crippen LogP contribution in [-0.2, 0) is 15.0 Å². The van der Waals surface area contributed by atoms with E-state index in [1.807, 2.05) is 52.0 Å². The van der Waals surface area contributed by atoms with Crippen molar-refractivity contribution in [3.05, 3.63) is 74.6 Å². The van der Waals surface area contributed by atoms with E-state index in [0.717, 1.165) is 16.4 Å². The summed E-state index contributed by atoms with van der Waals surface area (Å²) < 4.78 is 43.3. The minimum atomic E-state index is -1.55. The highest BCUT2D eigenvalue weighted by Crippen LogP contribution is 2.47. The van der Waals surface area contributed by atoms with Gasteiger partial charge in [0.1, 0.15) is 27.8 Å². The molecule has 1 amide bonds. The molecule has 0 spiro atoms. The van der Waals surface area contributed by atoms with Crippen LogP contribution >= 0.6 is 11.6 Å². The molecular weight excluding hydrogens is 641 g/mol. The van der Waals surface area contributed by atoms with Crippen LogP contribution in [-0.4, -0.2) is 73.5 Å². The molecule has 5 heterocycles. The average molecular weight is 679 g/mol. The molecule has 4 aromatic rings. The predicted octanol–water partition coefficient (Wildman–Crippen LogP) is 5.30. The van der Waals surface area contributed by atoms with E-state index in [-0.39, 0.29) is 53.4 Å². The van der Waals surface area contributed by atoms with Gasteiger partial charge in [0.2, 0.25) is 0 Å². The van der Waals surface area contributed by atoms with Crippen LogP contribution in [0.2, 0.25) is 5.15 Å². The second-order valence-electron chi connectivity index (χ2n) is 14.4. The molecule has 14 heteroatoms. The Morgan fingerprint density at radius 3 is 2.46 bits per heavy atom. The Kier molecular flexibility index (Phi) is 8.03. The lowest BCUT2D eigenvalue weighted by atomic mass is 9.73. The van der Waals surface area contributed by atoms with Gasteiger partial charge in [0, 0.05) is 37.2 Å². The van der Waals surface area contributed by atoms with E-state index >= 15 is 4.39 Å². The molecular formula is C34H38BClF2N6O4. The number of alkyl halides is 2. The molecule has 3 aliphatic rings. The fraction of sp³-hybridized carbons (Fsp3) is 0.500. The molecule has 0 radical (unpaired) electrons. The van der Waals surface area contributed by atoms with Crippen LogP contribution in [0.3, 0.4) is 0 Å². The molecule has 2 atom stereocenters. The Hall–Kier alpha value is -3.68. The van der Waals surface area contributed by atoms with Gasteiger partial charge in [0.05, 0.1) is 29.3 Å². The number of fused-ring (bicyclic) bond motifs is 1. The number of carbonyl (C=O) groups excluding carboxylic acids is 1. The summed E-state index contributed by atoms with van der Waals surface area (Å²) in [5.41, 5.74) is 0.290. The zero-order chi connectivity index (χ0) is 34.2. The van der Waals surface area contributed by atoms with Crippen molar-refractivity contribution in [2.75, 3.05) is 19.8 Å². The van der Waals surface area contributed by atoms with E-state index in [4.69, 9.17) is 25.9 Å². The number of amides is 1. The van der Waals surface area contributed by atoms with Crippen molar-refractivity contribution in [3.8, 4) is 11.4 Å². The lowest BCUT2D eigenvalue weighted by Gasteiger charge is -2.37. The van der Waals surface area contributed by atoms with Crippen LogP contribution in [0.1, 0.15) is 86.6 Å². The Bertz CT molecular complexity index is 1950. The van der Waals surface area contributed by atoms with Gasteiger partial charge >= 0.3 is 7.12 Å². The Balaban J connectivity index is 1.15. The van der Waals surface area contributed by atoms with Crippen molar-refractivity contribution < 1.29 is 22.9 Å². The van der Waals surface area contributed by atoms with Crippen LogP contribution in [0.5, 0.6) is 0 Å². The molecule has 1 aliphatic carbocycles. The molecule has 2 unspecified atom stereocenters. The minimum Gasteiger partial charge on any atom is -0.399 e. The number of aromatic amines is 1. The third-order valence-electron chi connectivity index (χ3n) is 10.5. The van der Waals surface area contributed by atoms with E-state index in [1.165, 1.54) is 11.0 Å². The lowest BCUT2D eigenvalue weighted by molar-refractivity contribution is 0.00578. The van der Waals surface area contributed by atoms with Gasteiger partial charge in [0.15, 0.2) is 5.65 Å². The summed E-state index contributed by atoms with van der Waals surface area (Å²) in [6.07, 6.45) is 3.67. The van der Waals surface area contributed by atoms with Gasteiger partial charge in [-0.3, -0.25) is 23.9 Å².